The van der Waals surface area contributed by atoms with Crippen LogP contribution in [0, 0.1) is 20.2 Å². The summed E-state index contributed by atoms with van der Waals surface area (Å²) in [5.74, 6) is -1.45. The summed E-state index contributed by atoms with van der Waals surface area (Å²) in [6.45, 7) is 0. The van der Waals surface area contributed by atoms with E-state index in [1.807, 2.05) is 24.3 Å². The van der Waals surface area contributed by atoms with E-state index in [1.54, 1.807) is 0 Å². The van der Waals surface area contributed by atoms with Gasteiger partial charge in [0.2, 0.25) is 0 Å². The van der Waals surface area contributed by atoms with E-state index >= 15 is 0 Å². The summed E-state index contributed by atoms with van der Waals surface area (Å²) in [6, 6.07) is 17.4. The van der Waals surface area contributed by atoms with Crippen LogP contribution in [-0.2, 0) is 15.1 Å². The van der Waals surface area contributed by atoms with Crippen molar-refractivity contribution in [2.24, 2.45) is 0 Å². The van der Waals surface area contributed by atoms with Gasteiger partial charge in [-0.3, -0.25) is 0 Å². The van der Waals surface area contributed by atoms with Crippen molar-refractivity contribution in [3.63, 3.8) is 0 Å². The first-order chi connectivity index (χ1) is 15.8. The van der Waals surface area contributed by atoms with E-state index in [2.05, 4.69) is 0 Å². The van der Waals surface area contributed by atoms with Crippen LogP contribution in [0.3, 0.4) is 0 Å². The first kappa shape index (κ1) is 22.4. The normalized spacial score (nSPS) is 14.5. The maximum absolute atomic E-state index is 12.9. The van der Waals surface area contributed by atoms with Crippen LogP contribution in [0.5, 0.6) is 0 Å². The summed E-state index contributed by atoms with van der Waals surface area (Å²) < 4.78 is 12.3. The van der Waals surface area contributed by atoms with Gasteiger partial charge in [0, 0.05) is 0 Å². The fraction of sp³-hybridized carbons (Fsp3) is 0.0909. The van der Waals surface area contributed by atoms with E-state index < -0.39 is 40.8 Å². The molecule has 0 aromatic heterocycles. The Morgan fingerprint density at radius 3 is 1.36 bits per heavy atom. The quantitative estimate of drug-likeness (QED) is 0.250. The van der Waals surface area contributed by atoms with Crippen molar-refractivity contribution in [3.05, 3.63) is 115 Å². The first-order valence-electron chi connectivity index (χ1n) is 9.58. The van der Waals surface area contributed by atoms with Gasteiger partial charge in [-0.25, -0.2) is 0 Å². The minimum absolute atomic E-state index is 0.105. The molecule has 1 aliphatic heterocycles. The number of hydrogen-bond donors (Lipinski definition) is 0. The molecule has 0 N–H and O–H groups in total. The van der Waals surface area contributed by atoms with Gasteiger partial charge in [-0.2, -0.15) is 0 Å². The van der Waals surface area contributed by atoms with Gasteiger partial charge >= 0.3 is 192 Å². The van der Waals surface area contributed by atoms with Crippen molar-refractivity contribution in [2.45, 2.75) is 8.94 Å². The third-order valence-electron chi connectivity index (χ3n) is 4.95. The van der Waals surface area contributed by atoms with Crippen molar-refractivity contribution in [2.75, 3.05) is 0 Å². The zero-order valence-corrected chi connectivity index (χ0v) is 19.2. The molecule has 0 bridgehead atoms. The van der Waals surface area contributed by atoms with Gasteiger partial charge in [0.25, 0.3) is 0 Å². The minimum atomic E-state index is -4.14. The molecule has 168 valence electrons. The number of benzene rings is 3. The van der Waals surface area contributed by atoms with E-state index in [1.165, 1.54) is 48.5 Å². The van der Waals surface area contributed by atoms with Gasteiger partial charge in [-0.15, -0.1) is 0 Å². The summed E-state index contributed by atoms with van der Waals surface area (Å²) in [7, 11) is 0. The molecule has 1 heterocycles. The van der Waals surface area contributed by atoms with E-state index in [0.717, 1.165) is 11.1 Å². The molecule has 10 nitrogen and oxygen atoms in total. The maximum atomic E-state index is 12.9. The standard InChI is InChI=1S/C22H16N2O8Te/c25-21(15-5-9-19(10-6-15)23(27)28)31-33(13-17-3-1-2-4-18(17)14-33)32-22(26)16-7-11-20(12-8-16)24(29)30/h1-12H,13-14H2. The van der Waals surface area contributed by atoms with E-state index in [0.29, 0.717) is 8.94 Å². The first-order valence-corrected chi connectivity index (χ1v) is 14.8. The van der Waals surface area contributed by atoms with Crippen molar-refractivity contribution in [3.8, 4) is 0 Å². The summed E-state index contributed by atoms with van der Waals surface area (Å²) in [4.78, 5) is 46.3. The topological polar surface area (TPSA) is 139 Å². The predicted octanol–water partition coefficient (Wildman–Crippen LogP) is 3.84. The van der Waals surface area contributed by atoms with Crippen LogP contribution in [0.25, 0.3) is 0 Å². The molecule has 0 spiro atoms. The molecule has 0 atom stereocenters. The zero-order valence-electron chi connectivity index (χ0n) is 16.9. The Hall–Kier alpha value is -3.81. The molecule has 33 heavy (non-hydrogen) atoms. The Morgan fingerprint density at radius 2 is 1.03 bits per heavy atom. The SMILES string of the molecule is O=C(O[Te]1(OC(=O)c2ccc([N+](=O)[O-])cc2)Cc2ccccc2C1)c1ccc([N+](=O)[O-])cc1. The van der Waals surface area contributed by atoms with Crippen molar-refractivity contribution in [1.82, 2.24) is 0 Å². The van der Waals surface area contributed by atoms with Crippen LogP contribution in [0.1, 0.15) is 31.8 Å². The van der Waals surface area contributed by atoms with Gasteiger partial charge in [-0.1, -0.05) is 0 Å². The molecule has 0 unspecified atom stereocenters. The molecular formula is C22H16N2O8Te. The van der Waals surface area contributed by atoms with Gasteiger partial charge < -0.3 is 0 Å². The summed E-state index contributed by atoms with van der Waals surface area (Å²) in [5, 5.41) is 21.7. The number of rotatable bonds is 6. The Bertz CT molecular complexity index is 1160. The van der Waals surface area contributed by atoms with E-state index in [-0.39, 0.29) is 22.5 Å². The second-order valence-corrected chi connectivity index (χ2v) is 14.0. The molecule has 0 saturated heterocycles. The molecule has 0 saturated carbocycles. The van der Waals surface area contributed by atoms with Crippen molar-refractivity contribution < 1.29 is 25.6 Å². The molecule has 4 rings (SSSR count). The summed E-state index contributed by atoms with van der Waals surface area (Å²) in [5.41, 5.74) is 1.72. The van der Waals surface area contributed by atoms with Crippen LogP contribution >= 0.6 is 0 Å². The van der Waals surface area contributed by atoms with Gasteiger partial charge in [0.05, 0.1) is 0 Å². The summed E-state index contributed by atoms with van der Waals surface area (Å²) in [6.07, 6.45) is 0. The fourth-order valence-corrected chi connectivity index (χ4v) is 10.8. The average Bonchev–Trinajstić information content (AvgIpc) is 3.16. The third-order valence-corrected chi connectivity index (χ3v) is 11.8. The molecule has 11 heteroatoms. The number of nitrogens with zero attached hydrogens (tertiary/aromatic N) is 2. The van der Waals surface area contributed by atoms with Crippen molar-refractivity contribution >= 4 is 42.3 Å². The Balaban J connectivity index is 1.59. The number of fused-ring (bicyclic) bond motifs is 1. The molecule has 0 fully saturated rings. The average molecular weight is 564 g/mol. The molecule has 0 amide bonds. The second-order valence-electron chi connectivity index (χ2n) is 7.15. The van der Waals surface area contributed by atoms with Gasteiger partial charge in [-0.05, 0) is 0 Å². The molecule has 1 aliphatic rings. The number of non-ortho nitro benzene ring substituents is 2. The number of nitro benzene ring substituents is 2. The zero-order chi connectivity index (χ0) is 23.6. The van der Waals surface area contributed by atoms with Crippen LogP contribution in [-0.4, -0.2) is 40.8 Å². The van der Waals surface area contributed by atoms with Crippen LogP contribution < -0.4 is 0 Å². The molecule has 0 radical (unpaired) electrons. The Labute approximate surface area is 192 Å². The number of carbonyl (C=O) groups excluding carboxylic acids is 2. The second kappa shape index (κ2) is 8.97. The number of carbonyl (C=O) groups is 2. The van der Waals surface area contributed by atoms with E-state index in [9.17, 15) is 29.8 Å². The molecule has 0 aliphatic carbocycles. The third kappa shape index (κ3) is 4.84. The van der Waals surface area contributed by atoms with Crippen molar-refractivity contribution in [1.29, 1.82) is 0 Å². The number of nitro groups is 2. The monoisotopic (exact) mass is 566 g/mol. The Kier molecular flexibility index (Phi) is 6.09. The van der Waals surface area contributed by atoms with Crippen LogP contribution in [0.15, 0.2) is 72.8 Å². The van der Waals surface area contributed by atoms with Gasteiger partial charge in [0.15, 0.2) is 0 Å². The Morgan fingerprint density at radius 1 is 0.667 bits per heavy atom. The molecule has 3 aromatic rings. The molecule has 3 aromatic carbocycles. The van der Waals surface area contributed by atoms with Gasteiger partial charge in [0.1, 0.15) is 0 Å². The van der Waals surface area contributed by atoms with Crippen LogP contribution in [0.2, 0.25) is 0 Å². The van der Waals surface area contributed by atoms with E-state index in [4.69, 9.17) is 6.20 Å². The fourth-order valence-electron chi connectivity index (χ4n) is 3.31. The number of hydrogen-bond acceptors (Lipinski definition) is 8. The summed E-state index contributed by atoms with van der Waals surface area (Å²) >= 11 is -4.14. The molecular weight excluding hydrogens is 548 g/mol. The van der Waals surface area contributed by atoms with Crippen LogP contribution in [0.4, 0.5) is 11.4 Å². The predicted molar refractivity (Wildman–Crippen MR) is 117 cm³/mol.